The number of aliphatic hydroxyl groups excluding tert-OH is 1. The molecule has 23 heavy (non-hydrogen) atoms. The Morgan fingerprint density at radius 1 is 1.26 bits per heavy atom. The van der Waals surface area contributed by atoms with Crippen molar-refractivity contribution in [3.63, 3.8) is 0 Å². The first-order valence-corrected chi connectivity index (χ1v) is 8.78. The SMILES string of the molecule is CCOc1ccccc1C(=O)NCC[C@H](CCO)c1cccs1. The van der Waals surface area contributed by atoms with E-state index in [1.54, 1.807) is 23.5 Å². The fraction of sp³-hybridized carbons (Fsp3) is 0.389. The van der Waals surface area contributed by atoms with Gasteiger partial charge in [-0.05, 0) is 49.3 Å². The number of benzene rings is 1. The Hall–Kier alpha value is -1.85. The predicted molar refractivity (Wildman–Crippen MR) is 93.3 cm³/mol. The average molecular weight is 333 g/mol. The molecular formula is C18H23NO3S. The number of aliphatic hydroxyl groups is 1. The van der Waals surface area contributed by atoms with Crippen molar-refractivity contribution in [2.45, 2.75) is 25.7 Å². The van der Waals surface area contributed by atoms with Crippen molar-refractivity contribution in [3.8, 4) is 5.75 Å². The highest BCUT2D eigenvalue weighted by atomic mass is 32.1. The van der Waals surface area contributed by atoms with E-state index in [9.17, 15) is 9.90 Å². The van der Waals surface area contributed by atoms with E-state index in [0.29, 0.717) is 30.9 Å². The van der Waals surface area contributed by atoms with E-state index in [4.69, 9.17) is 4.74 Å². The monoisotopic (exact) mass is 333 g/mol. The van der Waals surface area contributed by atoms with Crippen LogP contribution in [0.15, 0.2) is 41.8 Å². The van der Waals surface area contributed by atoms with Gasteiger partial charge in [-0.25, -0.2) is 0 Å². The normalized spacial score (nSPS) is 11.9. The largest absolute Gasteiger partial charge is 0.493 e. The third kappa shape index (κ3) is 5.08. The van der Waals surface area contributed by atoms with Crippen molar-refractivity contribution < 1.29 is 14.6 Å². The van der Waals surface area contributed by atoms with Gasteiger partial charge in [-0.2, -0.15) is 0 Å². The van der Waals surface area contributed by atoms with E-state index in [1.807, 2.05) is 30.5 Å². The first-order valence-electron chi connectivity index (χ1n) is 7.90. The molecular weight excluding hydrogens is 310 g/mol. The van der Waals surface area contributed by atoms with Crippen LogP contribution in [-0.2, 0) is 0 Å². The number of thiophene rings is 1. The van der Waals surface area contributed by atoms with Crippen LogP contribution in [0.25, 0.3) is 0 Å². The second kappa shape index (κ2) is 9.33. The Balaban J connectivity index is 1.91. The van der Waals surface area contributed by atoms with Gasteiger partial charge in [0, 0.05) is 18.0 Å². The smallest absolute Gasteiger partial charge is 0.255 e. The summed E-state index contributed by atoms with van der Waals surface area (Å²) >= 11 is 1.69. The highest BCUT2D eigenvalue weighted by Crippen LogP contribution is 2.27. The molecule has 0 fully saturated rings. The van der Waals surface area contributed by atoms with E-state index in [0.717, 1.165) is 6.42 Å². The molecule has 0 aliphatic rings. The molecule has 0 bridgehead atoms. The first kappa shape index (κ1) is 17.5. The van der Waals surface area contributed by atoms with Crippen LogP contribution in [-0.4, -0.2) is 30.8 Å². The van der Waals surface area contributed by atoms with Gasteiger partial charge in [-0.15, -0.1) is 11.3 Å². The van der Waals surface area contributed by atoms with Crippen molar-refractivity contribution in [2.24, 2.45) is 0 Å². The standard InChI is InChI=1S/C18H23NO3S/c1-2-22-16-7-4-3-6-15(16)18(21)19-11-9-14(10-12-20)17-8-5-13-23-17/h3-8,13-14,20H,2,9-12H2,1H3,(H,19,21)/t14-/m1/s1. The van der Waals surface area contributed by atoms with E-state index in [1.165, 1.54) is 4.88 Å². The molecule has 1 aromatic heterocycles. The molecule has 0 saturated heterocycles. The van der Waals surface area contributed by atoms with Gasteiger partial charge in [0.25, 0.3) is 5.91 Å². The third-order valence-corrected chi connectivity index (χ3v) is 4.67. The van der Waals surface area contributed by atoms with Crippen molar-refractivity contribution in [1.29, 1.82) is 0 Å². The molecule has 0 unspecified atom stereocenters. The number of hydrogen-bond donors (Lipinski definition) is 2. The lowest BCUT2D eigenvalue weighted by Crippen LogP contribution is -2.26. The number of nitrogens with one attached hydrogen (secondary N) is 1. The lowest BCUT2D eigenvalue weighted by Gasteiger charge is -2.15. The van der Waals surface area contributed by atoms with Gasteiger partial charge in [0.1, 0.15) is 5.75 Å². The summed E-state index contributed by atoms with van der Waals surface area (Å²) in [6.45, 7) is 3.15. The van der Waals surface area contributed by atoms with E-state index in [-0.39, 0.29) is 18.4 Å². The number of para-hydroxylation sites is 1. The fourth-order valence-corrected chi connectivity index (χ4v) is 3.40. The van der Waals surface area contributed by atoms with Gasteiger partial charge in [-0.3, -0.25) is 4.79 Å². The highest BCUT2D eigenvalue weighted by molar-refractivity contribution is 7.10. The van der Waals surface area contributed by atoms with Crippen LogP contribution in [0.5, 0.6) is 5.75 Å². The number of carbonyl (C=O) groups excluding carboxylic acids is 1. The minimum Gasteiger partial charge on any atom is -0.493 e. The van der Waals surface area contributed by atoms with Gasteiger partial charge in [-0.1, -0.05) is 18.2 Å². The minimum atomic E-state index is -0.122. The molecule has 124 valence electrons. The van der Waals surface area contributed by atoms with Crippen LogP contribution >= 0.6 is 11.3 Å². The summed E-state index contributed by atoms with van der Waals surface area (Å²) in [7, 11) is 0. The van der Waals surface area contributed by atoms with Gasteiger partial charge in [0.15, 0.2) is 0 Å². The molecule has 0 aliphatic heterocycles. The molecule has 0 spiro atoms. The Morgan fingerprint density at radius 3 is 2.78 bits per heavy atom. The van der Waals surface area contributed by atoms with Crippen LogP contribution in [0.2, 0.25) is 0 Å². The van der Waals surface area contributed by atoms with Crippen LogP contribution in [0.3, 0.4) is 0 Å². The lowest BCUT2D eigenvalue weighted by molar-refractivity contribution is 0.0948. The number of ether oxygens (including phenoxy) is 1. The molecule has 1 amide bonds. The minimum absolute atomic E-state index is 0.122. The molecule has 2 N–H and O–H groups in total. The maximum Gasteiger partial charge on any atom is 0.255 e. The van der Waals surface area contributed by atoms with Gasteiger partial charge < -0.3 is 15.2 Å². The van der Waals surface area contributed by atoms with Gasteiger partial charge in [0.2, 0.25) is 0 Å². The van der Waals surface area contributed by atoms with Crippen molar-refractivity contribution in [1.82, 2.24) is 5.32 Å². The topological polar surface area (TPSA) is 58.6 Å². The van der Waals surface area contributed by atoms with Crippen LogP contribution < -0.4 is 10.1 Å². The van der Waals surface area contributed by atoms with Crippen molar-refractivity contribution >= 4 is 17.2 Å². The predicted octanol–water partition coefficient (Wildman–Crippen LogP) is 3.43. The average Bonchev–Trinajstić information content (AvgIpc) is 3.09. The van der Waals surface area contributed by atoms with Crippen molar-refractivity contribution in [2.75, 3.05) is 19.8 Å². The Kier molecular flexibility index (Phi) is 7.10. The molecule has 2 aromatic rings. The highest BCUT2D eigenvalue weighted by Gasteiger charge is 2.15. The summed E-state index contributed by atoms with van der Waals surface area (Å²) in [5, 5.41) is 14.2. The second-order valence-electron chi connectivity index (χ2n) is 5.20. The maximum atomic E-state index is 12.3. The zero-order chi connectivity index (χ0) is 16.5. The van der Waals surface area contributed by atoms with E-state index in [2.05, 4.69) is 11.4 Å². The number of amides is 1. The van der Waals surface area contributed by atoms with Gasteiger partial charge >= 0.3 is 0 Å². The third-order valence-electron chi connectivity index (χ3n) is 3.63. The Morgan fingerprint density at radius 2 is 2.09 bits per heavy atom. The van der Waals surface area contributed by atoms with Crippen LogP contribution in [0.1, 0.15) is 40.9 Å². The molecule has 0 radical (unpaired) electrons. The molecule has 2 rings (SSSR count). The zero-order valence-corrected chi connectivity index (χ0v) is 14.1. The zero-order valence-electron chi connectivity index (χ0n) is 13.3. The quantitative estimate of drug-likeness (QED) is 0.739. The molecule has 1 aromatic carbocycles. The molecule has 1 atom stereocenters. The summed E-state index contributed by atoms with van der Waals surface area (Å²) in [6, 6.07) is 11.4. The summed E-state index contributed by atoms with van der Waals surface area (Å²) < 4.78 is 5.49. The van der Waals surface area contributed by atoms with Crippen LogP contribution in [0.4, 0.5) is 0 Å². The molecule has 0 aliphatic carbocycles. The van der Waals surface area contributed by atoms with E-state index >= 15 is 0 Å². The fourth-order valence-electron chi connectivity index (χ4n) is 2.50. The van der Waals surface area contributed by atoms with Crippen molar-refractivity contribution in [3.05, 3.63) is 52.2 Å². The van der Waals surface area contributed by atoms with E-state index < -0.39 is 0 Å². The van der Waals surface area contributed by atoms with Crippen LogP contribution in [0, 0.1) is 0 Å². The number of hydrogen-bond acceptors (Lipinski definition) is 4. The second-order valence-corrected chi connectivity index (χ2v) is 6.18. The Labute approximate surface area is 141 Å². The molecule has 0 saturated carbocycles. The van der Waals surface area contributed by atoms with Gasteiger partial charge in [0.05, 0.1) is 12.2 Å². The summed E-state index contributed by atoms with van der Waals surface area (Å²) in [5.41, 5.74) is 0.559. The lowest BCUT2D eigenvalue weighted by atomic mass is 10.00. The molecule has 4 nitrogen and oxygen atoms in total. The molecule has 1 heterocycles. The number of rotatable bonds is 9. The first-order chi connectivity index (χ1) is 11.3. The summed E-state index contributed by atoms with van der Waals surface area (Å²) in [5.74, 6) is 0.767. The number of carbonyl (C=O) groups is 1. The maximum absolute atomic E-state index is 12.3. The molecule has 5 heteroatoms. The summed E-state index contributed by atoms with van der Waals surface area (Å²) in [4.78, 5) is 13.6. The Bertz CT molecular complexity index is 598. The summed E-state index contributed by atoms with van der Waals surface area (Å²) in [6.07, 6.45) is 1.52.